The highest BCUT2D eigenvalue weighted by atomic mass is 19.1. The molecule has 6 heteroatoms. The van der Waals surface area contributed by atoms with E-state index in [0.29, 0.717) is 38.9 Å². The molecule has 0 spiro atoms. The van der Waals surface area contributed by atoms with Gasteiger partial charge in [0.05, 0.1) is 0 Å². The highest BCUT2D eigenvalue weighted by molar-refractivity contribution is 5.79. The Morgan fingerprint density at radius 3 is 2.10 bits per heavy atom. The molecule has 0 atom stereocenters. The first-order valence-corrected chi connectivity index (χ1v) is 10.7. The standard InChI is InChI=1S/C24H28FN3O2/c25-21-8-10-22(11-9-21)26-14-16-27(17-15-26)23(29)6-3-7-24(30)28-13-12-19-4-1-2-5-20(19)18-28/h1-2,4-5,8-11H,3,6-7,12-18H2. The topological polar surface area (TPSA) is 43.9 Å². The molecule has 5 nitrogen and oxygen atoms in total. The summed E-state index contributed by atoms with van der Waals surface area (Å²) >= 11 is 0. The molecule has 2 aromatic rings. The van der Waals surface area contributed by atoms with E-state index in [-0.39, 0.29) is 17.6 Å². The van der Waals surface area contributed by atoms with Crippen molar-refractivity contribution in [1.82, 2.24) is 9.80 Å². The quantitative estimate of drug-likeness (QED) is 0.762. The number of fused-ring (bicyclic) bond motifs is 1. The van der Waals surface area contributed by atoms with Crippen molar-refractivity contribution in [2.24, 2.45) is 0 Å². The summed E-state index contributed by atoms with van der Waals surface area (Å²) in [7, 11) is 0. The predicted molar refractivity (Wildman–Crippen MR) is 115 cm³/mol. The molecule has 0 bridgehead atoms. The van der Waals surface area contributed by atoms with Gasteiger partial charge in [0.25, 0.3) is 0 Å². The predicted octanol–water partition coefficient (Wildman–Crippen LogP) is 3.23. The number of amides is 2. The third-order valence-corrected chi connectivity index (χ3v) is 6.09. The van der Waals surface area contributed by atoms with Crippen LogP contribution in [0.15, 0.2) is 48.5 Å². The molecule has 0 radical (unpaired) electrons. The highest BCUT2D eigenvalue weighted by Crippen LogP contribution is 2.20. The molecule has 0 aromatic heterocycles. The number of hydrogen-bond acceptors (Lipinski definition) is 3. The van der Waals surface area contributed by atoms with Gasteiger partial charge in [-0.05, 0) is 48.2 Å². The number of benzene rings is 2. The van der Waals surface area contributed by atoms with Crippen molar-refractivity contribution >= 4 is 17.5 Å². The molecule has 1 saturated heterocycles. The Morgan fingerprint density at radius 2 is 1.40 bits per heavy atom. The number of hydrogen-bond donors (Lipinski definition) is 0. The monoisotopic (exact) mass is 409 g/mol. The lowest BCUT2D eigenvalue weighted by molar-refractivity contribution is -0.133. The summed E-state index contributed by atoms with van der Waals surface area (Å²) in [6, 6.07) is 14.8. The summed E-state index contributed by atoms with van der Waals surface area (Å²) in [5.41, 5.74) is 3.54. The molecule has 2 aliphatic heterocycles. The normalized spacial score (nSPS) is 16.4. The molecule has 2 aliphatic rings. The van der Waals surface area contributed by atoms with Crippen LogP contribution in [0.2, 0.25) is 0 Å². The van der Waals surface area contributed by atoms with E-state index >= 15 is 0 Å². The maximum absolute atomic E-state index is 13.1. The second-order valence-corrected chi connectivity index (χ2v) is 8.03. The van der Waals surface area contributed by atoms with Crippen molar-refractivity contribution < 1.29 is 14.0 Å². The third kappa shape index (κ3) is 4.81. The lowest BCUT2D eigenvalue weighted by Gasteiger charge is -2.36. The average molecular weight is 410 g/mol. The zero-order valence-electron chi connectivity index (χ0n) is 17.2. The van der Waals surface area contributed by atoms with Gasteiger partial charge in [0.15, 0.2) is 0 Å². The zero-order chi connectivity index (χ0) is 20.9. The molecule has 2 amide bonds. The first-order valence-electron chi connectivity index (χ1n) is 10.7. The molecule has 158 valence electrons. The summed E-state index contributed by atoms with van der Waals surface area (Å²) < 4.78 is 13.1. The second-order valence-electron chi connectivity index (χ2n) is 8.03. The molecule has 1 fully saturated rings. The molecular formula is C24H28FN3O2. The van der Waals surface area contributed by atoms with E-state index in [9.17, 15) is 14.0 Å². The second kappa shape index (κ2) is 9.28. The van der Waals surface area contributed by atoms with Gasteiger partial charge in [-0.3, -0.25) is 9.59 Å². The molecule has 0 aliphatic carbocycles. The molecule has 4 rings (SSSR count). The Bertz CT molecular complexity index is 892. The molecule has 0 N–H and O–H groups in total. The van der Waals surface area contributed by atoms with Crippen molar-refractivity contribution in [3.05, 3.63) is 65.5 Å². The van der Waals surface area contributed by atoms with Crippen LogP contribution in [-0.4, -0.2) is 54.3 Å². The maximum Gasteiger partial charge on any atom is 0.222 e. The van der Waals surface area contributed by atoms with E-state index in [0.717, 1.165) is 31.7 Å². The van der Waals surface area contributed by atoms with Gasteiger partial charge in [-0.1, -0.05) is 24.3 Å². The minimum absolute atomic E-state index is 0.116. The zero-order valence-corrected chi connectivity index (χ0v) is 17.2. The molecule has 2 aromatic carbocycles. The SMILES string of the molecule is O=C(CCCC(=O)N1CCc2ccccc2C1)N1CCN(c2ccc(F)cc2)CC1. The molecule has 30 heavy (non-hydrogen) atoms. The molecule has 0 saturated carbocycles. The van der Waals surface area contributed by atoms with Crippen molar-refractivity contribution in [1.29, 1.82) is 0 Å². The van der Waals surface area contributed by atoms with Crippen LogP contribution in [0.3, 0.4) is 0 Å². The van der Waals surface area contributed by atoms with Gasteiger partial charge >= 0.3 is 0 Å². The van der Waals surface area contributed by atoms with Crippen LogP contribution in [0.25, 0.3) is 0 Å². The average Bonchev–Trinajstić information content (AvgIpc) is 2.79. The van der Waals surface area contributed by atoms with Crippen molar-refractivity contribution in [3.8, 4) is 0 Å². The summed E-state index contributed by atoms with van der Waals surface area (Å²) in [4.78, 5) is 31.1. The van der Waals surface area contributed by atoms with E-state index in [4.69, 9.17) is 0 Å². The summed E-state index contributed by atoms with van der Waals surface area (Å²) in [6.45, 7) is 4.23. The van der Waals surface area contributed by atoms with Crippen molar-refractivity contribution in [2.45, 2.75) is 32.2 Å². The van der Waals surface area contributed by atoms with E-state index in [1.54, 1.807) is 12.1 Å². The Balaban J connectivity index is 1.18. The van der Waals surface area contributed by atoms with Gasteiger partial charge < -0.3 is 14.7 Å². The van der Waals surface area contributed by atoms with Crippen LogP contribution in [0.5, 0.6) is 0 Å². The smallest absolute Gasteiger partial charge is 0.222 e. The Kier molecular flexibility index (Phi) is 6.31. The minimum Gasteiger partial charge on any atom is -0.368 e. The van der Waals surface area contributed by atoms with Crippen LogP contribution in [-0.2, 0) is 22.6 Å². The van der Waals surface area contributed by atoms with Crippen LogP contribution in [0, 0.1) is 5.82 Å². The van der Waals surface area contributed by atoms with Gasteiger partial charge in [-0.15, -0.1) is 0 Å². The summed E-state index contributed by atoms with van der Waals surface area (Å²) in [6.07, 6.45) is 2.32. The van der Waals surface area contributed by atoms with Gasteiger partial charge in [-0.2, -0.15) is 0 Å². The molecule has 0 unspecified atom stereocenters. The van der Waals surface area contributed by atoms with Crippen LogP contribution in [0.4, 0.5) is 10.1 Å². The number of nitrogens with zero attached hydrogens (tertiary/aromatic N) is 3. The third-order valence-electron chi connectivity index (χ3n) is 6.09. The van der Waals surface area contributed by atoms with Crippen LogP contribution in [0.1, 0.15) is 30.4 Å². The van der Waals surface area contributed by atoms with Gasteiger partial charge in [0.2, 0.25) is 11.8 Å². The Labute approximate surface area is 177 Å². The summed E-state index contributed by atoms with van der Waals surface area (Å²) in [5.74, 6) is 0.0138. The van der Waals surface area contributed by atoms with E-state index < -0.39 is 0 Å². The maximum atomic E-state index is 13.1. The lowest BCUT2D eigenvalue weighted by Crippen LogP contribution is -2.48. The van der Waals surface area contributed by atoms with Crippen LogP contribution >= 0.6 is 0 Å². The first kappa shape index (κ1) is 20.4. The fourth-order valence-corrected chi connectivity index (χ4v) is 4.28. The largest absolute Gasteiger partial charge is 0.368 e. The van der Waals surface area contributed by atoms with E-state index in [2.05, 4.69) is 17.0 Å². The highest BCUT2D eigenvalue weighted by Gasteiger charge is 2.23. The Hall–Kier alpha value is -2.89. The van der Waals surface area contributed by atoms with Crippen LogP contribution < -0.4 is 4.90 Å². The lowest BCUT2D eigenvalue weighted by atomic mass is 9.99. The van der Waals surface area contributed by atoms with E-state index in [1.807, 2.05) is 21.9 Å². The number of halogens is 1. The first-order chi connectivity index (χ1) is 14.6. The number of carbonyl (C=O) groups is 2. The fourth-order valence-electron chi connectivity index (χ4n) is 4.28. The number of rotatable bonds is 5. The number of piperazine rings is 1. The van der Waals surface area contributed by atoms with E-state index in [1.165, 1.54) is 23.3 Å². The number of carbonyl (C=O) groups excluding carboxylic acids is 2. The number of anilines is 1. The fraction of sp³-hybridized carbons (Fsp3) is 0.417. The Morgan fingerprint density at radius 1 is 0.767 bits per heavy atom. The van der Waals surface area contributed by atoms with Crippen molar-refractivity contribution in [2.75, 3.05) is 37.6 Å². The van der Waals surface area contributed by atoms with Gasteiger partial charge in [0, 0.05) is 57.8 Å². The van der Waals surface area contributed by atoms with Gasteiger partial charge in [0.1, 0.15) is 5.82 Å². The van der Waals surface area contributed by atoms with Gasteiger partial charge in [-0.25, -0.2) is 4.39 Å². The molecular weight excluding hydrogens is 381 g/mol. The van der Waals surface area contributed by atoms with Crippen molar-refractivity contribution in [3.63, 3.8) is 0 Å². The minimum atomic E-state index is -0.240. The molecule has 2 heterocycles. The summed E-state index contributed by atoms with van der Waals surface area (Å²) in [5, 5.41) is 0.